The summed E-state index contributed by atoms with van der Waals surface area (Å²) in [5.74, 6) is 0. The van der Waals surface area contributed by atoms with E-state index in [0.717, 1.165) is 19.4 Å². The standard InChI is InChI=1S/C17H18ClN3O3S2/c18-15-6-5-12(21(22)23)9-16(15)19-17(25)20(10-13-3-1-7-24-13)11-14-4-2-8-26-14/h2,4-6,8-9,13H,1,3,7,10-11H2,(H,19,25)/t13-/m0/s1. The molecule has 0 bridgehead atoms. The maximum absolute atomic E-state index is 11.0. The van der Waals surface area contributed by atoms with Crippen molar-refractivity contribution in [3.05, 3.63) is 55.7 Å². The van der Waals surface area contributed by atoms with Crippen LogP contribution < -0.4 is 5.32 Å². The Morgan fingerprint density at radius 1 is 1.50 bits per heavy atom. The van der Waals surface area contributed by atoms with E-state index in [0.29, 0.717) is 28.9 Å². The number of nitro benzene ring substituents is 1. The van der Waals surface area contributed by atoms with E-state index in [1.807, 2.05) is 16.3 Å². The number of thiocarbonyl (C=S) groups is 1. The summed E-state index contributed by atoms with van der Waals surface area (Å²) in [7, 11) is 0. The Morgan fingerprint density at radius 2 is 2.35 bits per heavy atom. The van der Waals surface area contributed by atoms with Crippen molar-refractivity contribution in [1.29, 1.82) is 0 Å². The summed E-state index contributed by atoms with van der Waals surface area (Å²) >= 11 is 13.4. The molecule has 26 heavy (non-hydrogen) atoms. The van der Waals surface area contributed by atoms with Crippen molar-refractivity contribution < 1.29 is 9.66 Å². The van der Waals surface area contributed by atoms with Crippen molar-refractivity contribution in [2.75, 3.05) is 18.5 Å². The lowest BCUT2D eigenvalue weighted by Gasteiger charge is -2.28. The molecule has 0 amide bonds. The lowest BCUT2D eigenvalue weighted by molar-refractivity contribution is -0.384. The van der Waals surface area contributed by atoms with E-state index in [2.05, 4.69) is 11.4 Å². The summed E-state index contributed by atoms with van der Waals surface area (Å²) in [5.41, 5.74) is 0.387. The third-order valence-electron chi connectivity index (χ3n) is 4.06. The highest BCUT2D eigenvalue weighted by Gasteiger charge is 2.22. The summed E-state index contributed by atoms with van der Waals surface area (Å²) in [6, 6.07) is 8.30. The van der Waals surface area contributed by atoms with Gasteiger partial charge in [-0.1, -0.05) is 17.7 Å². The molecule has 1 aromatic carbocycles. The molecule has 0 aliphatic carbocycles. The zero-order chi connectivity index (χ0) is 18.5. The van der Waals surface area contributed by atoms with Crippen molar-refractivity contribution in [1.82, 2.24) is 4.90 Å². The van der Waals surface area contributed by atoms with E-state index in [9.17, 15) is 10.1 Å². The van der Waals surface area contributed by atoms with Gasteiger partial charge in [0, 0.05) is 30.2 Å². The minimum atomic E-state index is -0.458. The first-order chi connectivity index (χ1) is 12.5. The molecular formula is C17H18ClN3O3S2. The number of ether oxygens (including phenoxy) is 1. The van der Waals surface area contributed by atoms with E-state index >= 15 is 0 Å². The van der Waals surface area contributed by atoms with Crippen molar-refractivity contribution in [2.24, 2.45) is 0 Å². The van der Waals surface area contributed by atoms with Crippen LogP contribution in [0.15, 0.2) is 35.7 Å². The Bertz CT molecular complexity index is 780. The number of thiophene rings is 1. The predicted octanol–water partition coefficient (Wildman–Crippen LogP) is 4.69. The van der Waals surface area contributed by atoms with Gasteiger partial charge in [-0.05, 0) is 42.6 Å². The van der Waals surface area contributed by atoms with Crippen molar-refractivity contribution in [3.63, 3.8) is 0 Å². The molecule has 6 nitrogen and oxygen atoms in total. The minimum absolute atomic E-state index is 0.0383. The summed E-state index contributed by atoms with van der Waals surface area (Å²) in [6.45, 7) is 2.08. The normalized spacial score (nSPS) is 16.4. The molecule has 1 aromatic heterocycles. The van der Waals surface area contributed by atoms with Crippen LogP contribution in [0.2, 0.25) is 5.02 Å². The van der Waals surface area contributed by atoms with Crippen LogP contribution in [-0.2, 0) is 11.3 Å². The highest BCUT2D eigenvalue weighted by Crippen LogP contribution is 2.27. The Kier molecular flexibility index (Phi) is 6.42. The highest BCUT2D eigenvalue weighted by atomic mass is 35.5. The van der Waals surface area contributed by atoms with E-state index in [4.69, 9.17) is 28.6 Å². The second-order valence-corrected chi connectivity index (χ2v) is 7.77. The first-order valence-electron chi connectivity index (χ1n) is 8.17. The number of hydrogen-bond donors (Lipinski definition) is 1. The van der Waals surface area contributed by atoms with Crippen molar-refractivity contribution in [3.8, 4) is 0 Å². The molecule has 1 fully saturated rings. The number of rotatable bonds is 6. The number of nitrogens with zero attached hydrogens (tertiary/aromatic N) is 2. The number of halogens is 1. The van der Waals surface area contributed by atoms with Crippen LogP contribution in [0.4, 0.5) is 11.4 Å². The second kappa shape index (κ2) is 8.77. The molecule has 1 N–H and O–H groups in total. The van der Waals surface area contributed by atoms with E-state index < -0.39 is 4.92 Å². The van der Waals surface area contributed by atoms with Gasteiger partial charge >= 0.3 is 0 Å². The molecule has 1 aliphatic heterocycles. The molecule has 9 heteroatoms. The third kappa shape index (κ3) is 4.91. The zero-order valence-corrected chi connectivity index (χ0v) is 16.3. The lowest BCUT2D eigenvalue weighted by Crippen LogP contribution is -2.39. The van der Waals surface area contributed by atoms with Gasteiger partial charge in [0.1, 0.15) is 0 Å². The molecule has 0 unspecified atom stereocenters. The third-order valence-corrected chi connectivity index (χ3v) is 5.62. The fourth-order valence-corrected chi connectivity index (χ4v) is 3.89. The monoisotopic (exact) mass is 411 g/mol. The lowest BCUT2D eigenvalue weighted by atomic mass is 10.2. The van der Waals surface area contributed by atoms with Gasteiger partial charge < -0.3 is 15.0 Å². The summed E-state index contributed by atoms with van der Waals surface area (Å²) < 4.78 is 5.74. The summed E-state index contributed by atoms with van der Waals surface area (Å²) in [5, 5.41) is 16.9. The van der Waals surface area contributed by atoms with Crippen molar-refractivity contribution in [2.45, 2.75) is 25.5 Å². The first-order valence-corrected chi connectivity index (χ1v) is 9.83. The quantitative estimate of drug-likeness (QED) is 0.422. The number of anilines is 1. The Labute approximate surface area is 165 Å². The molecule has 0 spiro atoms. The molecule has 1 atom stereocenters. The van der Waals surface area contributed by atoms with Gasteiger partial charge in [0.25, 0.3) is 5.69 Å². The zero-order valence-electron chi connectivity index (χ0n) is 13.9. The van der Waals surface area contributed by atoms with E-state index in [1.165, 1.54) is 23.1 Å². The number of hydrogen-bond acceptors (Lipinski definition) is 5. The van der Waals surface area contributed by atoms with E-state index in [-0.39, 0.29) is 11.8 Å². The van der Waals surface area contributed by atoms with Crippen LogP contribution in [0.25, 0.3) is 0 Å². The molecular weight excluding hydrogens is 394 g/mol. The van der Waals surface area contributed by atoms with Crippen LogP contribution in [0, 0.1) is 10.1 Å². The van der Waals surface area contributed by atoms with Gasteiger partial charge in [-0.3, -0.25) is 10.1 Å². The highest BCUT2D eigenvalue weighted by molar-refractivity contribution is 7.80. The average molecular weight is 412 g/mol. The Hall–Kier alpha value is -1.74. The summed E-state index contributed by atoms with van der Waals surface area (Å²) in [6.07, 6.45) is 2.19. The second-order valence-electron chi connectivity index (χ2n) is 5.95. The molecule has 1 saturated heterocycles. The van der Waals surface area contributed by atoms with Crippen LogP contribution in [0.1, 0.15) is 17.7 Å². The molecule has 3 rings (SSSR count). The SMILES string of the molecule is O=[N+]([O-])c1ccc(Cl)c(NC(=S)N(Cc2cccs2)C[C@@H]2CCCO2)c1. The van der Waals surface area contributed by atoms with Gasteiger partial charge in [0.05, 0.1) is 28.3 Å². The number of nitro groups is 1. The molecule has 2 aromatic rings. The molecule has 0 radical (unpaired) electrons. The van der Waals surface area contributed by atoms with Gasteiger partial charge in [-0.25, -0.2) is 0 Å². The van der Waals surface area contributed by atoms with Crippen LogP contribution in [0.3, 0.4) is 0 Å². The Balaban J connectivity index is 1.75. The molecule has 138 valence electrons. The molecule has 0 saturated carbocycles. The number of benzene rings is 1. The fraction of sp³-hybridized carbons (Fsp3) is 0.353. The molecule has 1 aliphatic rings. The predicted molar refractivity (Wildman–Crippen MR) is 108 cm³/mol. The molecule has 2 heterocycles. The van der Waals surface area contributed by atoms with Crippen LogP contribution in [-0.4, -0.2) is 34.2 Å². The van der Waals surface area contributed by atoms with Gasteiger partial charge in [0.15, 0.2) is 5.11 Å². The first kappa shape index (κ1) is 19.0. The summed E-state index contributed by atoms with van der Waals surface area (Å²) in [4.78, 5) is 13.7. The van der Waals surface area contributed by atoms with Crippen LogP contribution >= 0.6 is 35.2 Å². The maximum atomic E-state index is 11.0. The van der Waals surface area contributed by atoms with Gasteiger partial charge in [-0.15, -0.1) is 11.3 Å². The van der Waals surface area contributed by atoms with E-state index in [1.54, 1.807) is 11.3 Å². The largest absolute Gasteiger partial charge is 0.376 e. The number of non-ortho nitro benzene ring substituents is 1. The van der Waals surface area contributed by atoms with Crippen molar-refractivity contribution >= 4 is 51.6 Å². The Morgan fingerprint density at radius 3 is 3.00 bits per heavy atom. The van der Waals surface area contributed by atoms with Gasteiger partial charge in [0.2, 0.25) is 0 Å². The number of nitrogens with one attached hydrogen (secondary N) is 1. The average Bonchev–Trinajstić information content (AvgIpc) is 3.30. The van der Waals surface area contributed by atoms with Crippen LogP contribution in [0.5, 0.6) is 0 Å². The minimum Gasteiger partial charge on any atom is -0.376 e. The topological polar surface area (TPSA) is 67.6 Å². The van der Waals surface area contributed by atoms with Gasteiger partial charge in [-0.2, -0.15) is 0 Å². The fourth-order valence-electron chi connectivity index (χ4n) is 2.76. The maximum Gasteiger partial charge on any atom is 0.271 e. The smallest absolute Gasteiger partial charge is 0.271 e.